The van der Waals surface area contributed by atoms with E-state index >= 15 is 0 Å². The van der Waals surface area contributed by atoms with Gasteiger partial charge >= 0.3 is 0 Å². The first kappa shape index (κ1) is 19.7. The van der Waals surface area contributed by atoms with E-state index in [1.54, 1.807) is 11.8 Å². The number of unbranched alkanes of at least 4 members (excludes halogenated alkanes) is 9. The molecule has 0 aromatic carbocycles. The molecule has 0 unspecified atom stereocenters. The minimum absolute atomic E-state index is 0.321. The van der Waals surface area contributed by atoms with Gasteiger partial charge in [-0.15, -0.1) is 0 Å². The van der Waals surface area contributed by atoms with Gasteiger partial charge in [0.2, 0.25) is 0 Å². The number of rotatable bonds is 15. The van der Waals surface area contributed by atoms with Crippen molar-refractivity contribution >= 4 is 20.4 Å². The Hall–Kier alpha value is 0.660. The van der Waals surface area contributed by atoms with Gasteiger partial charge in [-0.2, -0.15) is 20.4 Å². The Kier molecular flexibility index (Phi) is 17.3. The van der Waals surface area contributed by atoms with Crippen molar-refractivity contribution in [3.63, 3.8) is 0 Å². The third-order valence-corrected chi connectivity index (χ3v) is 4.49. The van der Waals surface area contributed by atoms with Crippen molar-refractivity contribution in [3.05, 3.63) is 0 Å². The molecule has 0 amide bonds. The molecular weight excluding hydrogens is 279 g/mol. The van der Waals surface area contributed by atoms with Crippen LogP contribution in [0.5, 0.6) is 0 Å². The fourth-order valence-electron chi connectivity index (χ4n) is 1.96. The summed E-state index contributed by atoms with van der Waals surface area (Å²) in [7, 11) is -2.65. The molecule has 0 aliphatic rings. The van der Waals surface area contributed by atoms with E-state index in [2.05, 4.69) is 11.4 Å². The molecule has 0 rings (SSSR count). The standard InChI is InChI=1S/C14H29O3PS/c1-2-3-4-5-6-7-8-9-10-11-13-19-14-12-17-18(15)16/h2-14H2,1H3/q-2. The normalized spacial score (nSPS) is 11.4. The predicted octanol–water partition coefficient (Wildman–Crippen LogP) is 3.60. The maximum Gasteiger partial charge on any atom is 0.0566 e. The Balaban J connectivity index is 2.91. The molecular formula is C14H29O3PS-2. The third kappa shape index (κ3) is 18.7. The van der Waals surface area contributed by atoms with Crippen molar-refractivity contribution in [3.8, 4) is 0 Å². The first-order valence-corrected chi connectivity index (χ1v) is 9.87. The van der Waals surface area contributed by atoms with Gasteiger partial charge in [-0.3, -0.25) is 0 Å². The molecule has 0 atom stereocenters. The zero-order valence-corrected chi connectivity index (χ0v) is 14.0. The molecule has 0 aliphatic carbocycles. The van der Waals surface area contributed by atoms with Crippen molar-refractivity contribution in [1.82, 2.24) is 0 Å². The molecule has 0 saturated carbocycles. The van der Waals surface area contributed by atoms with E-state index in [4.69, 9.17) is 0 Å². The summed E-state index contributed by atoms with van der Waals surface area (Å²) in [6.07, 6.45) is 13.6. The molecule has 0 radical (unpaired) electrons. The van der Waals surface area contributed by atoms with Gasteiger partial charge in [0, 0.05) is 5.75 Å². The summed E-state index contributed by atoms with van der Waals surface area (Å²) >= 11 is 1.78. The lowest BCUT2D eigenvalue weighted by Gasteiger charge is -2.28. The highest BCUT2D eigenvalue weighted by atomic mass is 32.2. The Labute approximate surface area is 124 Å². The van der Waals surface area contributed by atoms with Crippen molar-refractivity contribution in [2.45, 2.75) is 71.1 Å². The van der Waals surface area contributed by atoms with E-state index in [1.165, 1.54) is 64.2 Å². The van der Waals surface area contributed by atoms with Crippen molar-refractivity contribution < 1.29 is 14.3 Å². The largest absolute Gasteiger partial charge is 0.820 e. The van der Waals surface area contributed by atoms with Crippen molar-refractivity contribution in [2.24, 2.45) is 0 Å². The Morgan fingerprint density at radius 2 is 1.32 bits per heavy atom. The number of hydrogen-bond acceptors (Lipinski definition) is 4. The van der Waals surface area contributed by atoms with Gasteiger partial charge in [-0.05, 0) is 12.2 Å². The molecule has 0 N–H and O–H groups in total. The molecule has 0 aliphatic heterocycles. The van der Waals surface area contributed by atoms with Crippen molar-refractivity contribution in [1.29, 1.82) is 0 Å². The molecule has 116 valence electrons. The van der Waals surface area contributed by atoms with Crippen LogP contribution in [0.1, 0.15) is 71.1 Å². The smallest absolute Gasteiger partial charge is 0.0566 e. The van der Waals surface area contributed by atoms with Gasteiger partial charge in [0.1, 0.15) is 0 Å². The highest BCUT2D eigenvalue weighted by Gasteiger charge is 1.93. The maximum atomic E-state index is 10.1. The van der Waals surface area contributed by atoms with Crippen molar-refractivity contribution in [2.75, 3.05) is 18.1 Å². The van der Waals surface area contributed by atoms with Gasteiger partial charge in [0.15, 0.2) is 0 Å². The Bertz CT molecular complexity index is 171. The van der Waals surface area contributed by atoms with Crippen LogP contribution in [0.3, 0.4) is 0 Å². The summed E-state index contributed by atoms with van der Waals surface area (Å²) in [5.74, 6) is 1.90. The molecule has 0 fully saturated rings. The molecule has 0 bridgehead atoms. The van der Waals surface area contributed by atoms with E-state index in [0.29, 0.717) is 6.61 Å². The Morgan fingerprint density at radius 3 is 1.84 bits per heavy atom. The zero-order chi connectivity index (χ0) is 14.2. The molecule has 0 spiro atoms. The topological polar surface area (TPSA) is 55.3 Å². The van der Waals surface area contributed by atoms with E-state index in [-0.39, 0.29) is 0 Å². The van der Waals surface area contributed by atoms with Crippen LogP contribution in [0, 0.1) is 0 Å². The van der Waals surface area contributed by atoms with Crippen LogP contribution in [0.2, 0.25) is 0 Å². The summed E-state index contributed by atoms with van der Waals surface area (Å²) in [5.41, 5.74) is 0. The molecule has 19 heavy (non-hydrogen) atoms. The van der Waals surface area contributed by atoms with E-state index in [1.807, 2.05) is 0 Å². The summed E-state index contributed by atoms with van der Waals surface area (Å²) in [6, 6.07) is 0. The van der Waals surface area contributed by atoms with E-state index in [0.717, 1.165) is 11.5 Å². The van der Waals surface area contributed by atoms with Gasteiger partial charge in [0.05, 0.1) is 6.61 Å². The van der Waals surface area contributed by atoms with E-state index in [9.17, 15) is 9.79 Å². The predicted molar refractivity (Wildman–Crippen MR) is 82.0 cm³/mol. The lowest BCUT2D eigenvalue weighted by Crippen LogP contribution is -2.12. The first-order chi connectivity index (χ1) is 9.27. The minimum Gasteiger partial charge on any atom is -0.820 e. The lowest BCUT2D eigenvalue weighted by atomic mass is 10.1. The number of hydrogen-bond donors (Lipinski definition) is 0. The summed E-state index contributed by atoms with van der Waals surface area (Å²) in [4.78, 5) is 20.2. The molecule has 0 aromatic heterocycles. The highest BCUT2D eigenvalue weighted by molar-refractivity contribution is 7.99. The number of thioether (sulfide) groups is 1. The van der Waals surface area contributed by atoms with Gasteiger partial charge in [0.25, 0.3) is 0 Å². The zero-order valence-electron chi connectivity index (χ0n) is 12.3. The average molecular weight is 308 g/mol. The van der Waals surface area contributed by atoms with Crippen LogP contribution in [0.15, 0.2) is 0 Å². The first-order valence-electron chi connectivity index (χ1n) is 7.62. The van der Waals surface area contributed by atoms with Crippen LogP contribution in [-0.4, -0.2) is 18.1 Å². The fraction of sp³-hybridized carbons (Fsp3) is 1.00. The van der Waals surface area contributed by atoms with Crippen LogP contribution >= 0.6 is 20.4 Å². The molecule has 0 heterocycles. The quantitative estimate of drug-likeness (QED) is 0.342. The second-order valence-corrected chi connectivity index (χ2v) is 6.78. The molecule has 0 aromatic rings. The van der Waals surface area contributed by atoms with Crippen LogP contribution < -0.4 is 9.79 Å². The summed E-state index contributed by atoms with van der Waals surface area (Å²) < 4.78 is 4.47. The second-order valence-electron chi connectivity index (χ2n) is 4.85. The van der Waals surface area contributed by atoms with Gasteiger partial charge in [-0.25, -0.2) is 0 Å². The molecule has 3 nitrogen and oxygen atoms in total. The Morgan fingerprint density at radius 1 is 0.789 bits per heavy atom. The van der Waals surface area contributed by atoms with Crippen LogP contribution in [-0.2, 0) is 4.52 Å². The van der Waals surface area contributed by atoms with Gasteiger partial charge in [-0.1, -0.05) is 64.7 Å². The molecule has 0 saturated heterocycles. The minimum atomic E-state index is -2.65. The van der Waals surface area contributed by atoms with Gasteiger partial charge < -0.3 is 14.3 Å². The third-order valence-electron chi connectivity index (χ3n) is 3.07. The molecule has 5 heteroatoms. The summed E-state index contributed by atoms with van der Waals surface area (Å²) in [6.45, 7) is 2.58. The second kappa shape index (κ2) is 16.7. The highest BCUT2D eigenvalue weighted by Crippen LogP contribution is 2.15. The SMILES string of the molecule is CCCCCCCCCCCCSCCOP([O-])[O-]. The van der Waals surface area contributed by atoms with E-state index < -0.39 is 8.60 Å². The average Bonchev–Trinajstić information content (AvgIpc) is 2.39. The maximum absolute atomic E-state index is 10.1. The van der Waals surface area contributed by atoms with Crippen LogP contribution in [0.25, 0.3) is 0 Å². The summed E-state index contributed by atoms with van der Waals surface area (Å²) in [5, 5.41) is 0. The monoisotopic (exact) mass is 308 g/mol. The fourth-order valence-corrected chi connectivity index (χ4v) is 3.14. The lowest BCUT2D eigenvalue weighted by molar-refractivity contribution is -0.317. The van der Waals surface area contributed by atoms with Crippen LogP contribution in [0.4, 0.5) is 0 Å².